The Bertz CT molecular complexity index is 1140. The van der Waals surface area contributed by atoms with Crippen molar-refractivity contribution in [2.45, 2.75) is 37.3 Å². The number of rotatable bonds is 5. The fraction of sp³-hybridized carbons (Fsp3) is 0.286. The summed E-state index contributed by atoms with van der Waals surface area (Å²) in [5, 5.41) is 6.47. The average Bonchev–Trinajstić information content (AvgIpc) is 2.73. The van der Waals surface area contributed by atoms with E-state index in [0.29, 0.717) is 12.1 Å². The molecule has 0 radical (unpaired) electrons. The van der Waals surface area contributed by atoms with Crippen LogP contribution < -0.4 is 22.1 Å². The quantitative estimate of drug-likeness (QED) is 0.492. The van der Waals surface area contributed by atoms with Crippen molar-refractivity contribution in [2.24, 2.45) is 11.5 Å². The summed E-state index contributed by atoms with van der Waals surface area (Å²) < 4.78 is 42.5. The van der Waals surface area contributed by atoms with Gasteiger partial charge in [-0.15, -0.1) is 0 Å². The third-order valence-electron chi connectivity index (χ3n) is 5.38. The number of nitrogens with two attached hydrogens (primary N) is 2. The van der Waals surface area contributed by atoms with Gasteiger partial charge in [-0.05, 0) is 43.2 Å². The summed E-state index contributed by atoms with van der Waals surface area (Å²) in [6.45, 7) is 0. The SMILES string of the molecule is NC(=O)c1cc(F)c(N[C@@H]2CCCC(F)(F)[C@@H]2N)nc1Nc1ccc2ncccc2c1. The van der Waals surface area contributed by atoms with E-state index in [1.807, 2.05) is 6.07 Å². The van der Waals surface area contributed by atoms with Gasteiger partial charge in [0.15, 0.2) is 11.6 Å². The highest BCUT2D eigenvalue weighted by Crippen LogP contribution is 2.34. The number of nitrogens with zero attached hydrogens (tertiary/aromatic N) is 2. The average molecular weight is 430 g/mol. The Kier molecular flexibility index (Phi) is 5.40. The van der Waals surface area contributed by atoms with Crippen LogP contribution in [0.15, 0.2) is 42.6 Å². The van der Waals surface area contributed by atoms with Crippen molar-refractivity contribution in [3.05, 3.63) is 54.0 Å². The molecule has 0 unspecified atom stereocenters. The van der Waals surface area contributed by atoms with Crippen LogP contribution in [0.5, 0.6) is 0 Å². The van der Waals surface area contributed by atoms with Crippen LogP contribution in [-0.2, 0) is 0 Å². The molecule has 1 fully saturated rings. The Morgan fingerprint density at radius 1 is 1.19 bits per heavy atom. The molecule has 1 saturated carbocycles. The minimum absolute atomic E-state index is 0.00391. The number of amides is 1. The molecular weight excluding hydrogens is 409 g/mol. The highest BCUT2D eigenvalue weighted by molar-refractivity contribution is 5.99. The zero-order valence-corrected chi connectivity index (χ0v) is 16.4. The summed E-state index contributed by atoms with van der Waals surface area (Å²) in [6, 6.07) is 7.48. The van der Waals surface area contributed by atoms with Gasteiger partial charge in [-0.3, -0.25) is 9.78 Å². The molecule has 1 amide bonds. The van der Waals surface area contributed by atoms with Gasteiger partial charge in [0, 0.05) is 29.7 Å². The first-order valence-corrected chi connectivity index (χ1v) is 9.77. The van der Waals surface area contributed by atoms with Crippen LogP contribution in [-0.4, -0.2) is 33.9 Å². The second kappa shape index (κ2) is 8.03. The van der Waals surface area contributed by atoms with E-state index in [4.69, 9.17) is 11.5 Å². The third kappa shape index (κ3) is 4.24. The number of hydrogen-bond acceptors (Lipinski definition) is 6. The lowest BCUT2D eigenvalue weighted by atomic mass is 9.87. The van der Waals surface area contributed by atoms with Gasteiger partial charge in [-0.1, -0.05) is 6.07 Å². The Balaban J connectivity index is 1.67. The van der Waals surface area contributed by atoms with Gasteiger partial charge in [-0.25, -0.2) is 18.2 Å². The fourth-order valence-electron chi connectivity index (χ4n) is 3.70. The van der Waals surface area contributed by atoms with Crippen LogP contribution in [0, 0.1) is 5.82 Å². The lowest BCUT2D eigenvalue weighted by molar-refractivity contribution is -0.0555. The number of aromatic nitrogens is 2. The number of carbonyl (C=O) groups is 1. The van der Waals surface area contributed by atoms with Crippen molar-refractivity contribution < 1.29 is 18.0 Å². The van der Waals surface area contributed by atoms with Gasteiger partial charge in [0.2, 0.25) is 0 Å². The summed E-state index contributed by atoms with van der Waals surface area (Å²) in [5.74, 6) is -5.12. The van der Waals surface area contributed by atoms with E-state index in [9.17, 15) is 18.0 Å². The highest BCUT2D eigenvalue weighted by atomic mass is 19.3. The predicted molar refractivity (Wildman–Crippen MR) is 112 cm³/mol. The Morgan fingerprint density at radius 2 is 2.00 bits per heavy atom. The predicted octanol–water partition coefficient (Wildman–Crippen LogP) is 3.54. The van der Waals surface area contributed by atoms with Crippen molar-refractivity contribution >= 4 is 34.1 Å². The molecule has 10 heteroatoms. The van der Waals surface area contributed by atoms with Crippen LogP contribution in [0.3, 0.4) is 0 Å². The number of carbonyl (C=O) groups excluding carboxylic acids is 1. The number of hydrogen-bond donors (Lipinski definition) is 4. The summed E-state index contributed by atoms with van der Waals surface area (Å²) in [5.41, 5.74) is 12.2. The Hall–Kier alpha value is -3.40. The monoisotopic (exact) mass is 430 g/mol. The first kappa shape index (κ1) is 20.9. The molecule has 1 aliphatic rings. The van der Waals surface area contributed by atoms with Gasteiger partial charge in [0.05, 0.1) is 17.1 Å². The van der Waals surface area contributed by atoms with E-state index in [1.54, 1.807) is 30.5 Å². The van der Waals surface area contributed by atoms with E-state index < -0.39 is 29.7 Å². The standard InChI is InChI=1S/C21H21F3N6O/c22-14-10-13(18(26)31)19(28-12-5-6-15-11(9-12)3-2-8-27-15)30-20(14)29-16-4-1-7-21(23,24)17(16)25/h2-3,5-6,8-10,16-17H,1,4,7,25H2,(H2,26,31)(H2,28,29,30)/t16-,17-/m1/s1. The molecule has 2 atom stereocenters. The zero-order chi connectivity index (χ0) is 22.2. The Labute approximate surface area is 176 Å². The number of nitrogens with one attached hydrogen (secondary N) is 2. The molecular formula is C21H21F3N6O. The second-order valence-electron chi connectivity index (χ2n) is 7.54. The van der Waals surface area contributed by atoms with Crippen molar-refractivity contribution in [2.75, 3.05) is 10.6 Å². The number of halogens is 3. The fourth-order valence-corrected chi connectivity index (χ4v) is 3.70. The van der Waals surface area contributed by atoms with Gasteiger partial charge in [0.25, 0.3) is 11.8 Å². The molecule has 2 heterocycles. The number of anilines is 3. The molecule has 2 aromatic heterocycles. The minimum atomic E-state index is -3.06. The van der Waals surface area contributed by atoms with Crippen LogP contribution >= 0.6 is 0 Å². The van der Waals surface area contributed by atoms with E-state index in [2.05, 4.69) is 20.6 Å². The van der Waals surface area contributed by atoms with E-state index >= 15 is 0 Å². The van der Waals surface area contributed by atoms with Gasteiger partial charge < -0.3 is 22.1 Å². The Morgan fingerprint density at radius 3 is 2.77 bits per heavy atom. The number of primary amides is 1. The van der Waals surface area contributed by atoms with E-state index in [0.717, 1.165) is 17.0 Å². The van der Waals surface area contributed by atoms with Crippen molar-refractivity contribution in [3.8, 4) is 0 Å². The first-order valence-electron chi connectivity index (χ1n) is 9.77. The number of alkyl halides is 2. The smallest absolute Gasteiger partial charge is 0.264 e. The molecule has 31 heavy (non-hydrogen) atoms. The lowest BCUT2D eigenvalue weighted by Crippen LogP contribution is -2.55. The molecule has 0 saturated heterocycles. The topological polar surface area (TPSA) is 119 Å². The van der Waals surface area contributed by atoms with Crippen LogP contribution in [0.4, 0.5) is 30.5 Å². The summed E-state index contributed by atoms with van der Waals surface area (Å²) >= 11 is 0. The maximum Gasteiger partial charge on any atom is 0.264 e. The largest absolute Gasteiger partial charge is 0.365 e. The van der Waals surface area contributed by atoms with E-state index in [-0.39, 0.29) is 30.0 Å². The molecule has 4 rings (SSSR count). The van der Waals surface area contributed by atoms with Gasteiger partial charge in [0.1, 0.15) is 5.82 Å². The number of pyridine rings is 2. The molecule has 0 spiro atoms. The normalized spacial score (nSPS) is 20.4. The van der Waals surface area contributed by atoms with Gasteiger partial charge in [-0.2, -0.15) is 0 Å². The van der Waals surface area contributed by atoms with Gasteiger partial charge >= 0.3 is 0 Å². The first-order chi connectivity index (χ1) is 14.7. The molecule has 6 N–H and O–H groups in total. The molecule has 162 valence electrons. The lowest BCUT2D eigenvalue weighted by Gasteiger charge is -2.36. The molecule has 0 bridgehead atoms. The van der Waals surface area contributed by atoms with Crippen molar-refractivity contribution in [1.29, 1.82) is 0 Å². The van der Waals surface area contributed by atoms with Crippen LogP contribution in [0.25, 0.3) is 10.9 Å². The summed E-state index contributed by atoms with van der Waals surface area (Å²) in [4.78, 5) is 20.2. The molecule has 0 aliphatic heterocycles. The maximum absolute atomic E-state index is 14.6. The summed E-state index contributed by atoms with van der Waals surface area (Å²) in [6.07, 6.45) is 1.94. The zero-order valence-electron chi connectivity index (χ0n) is 16.4. The molecule has 3 aromatic rings. The summed E-state index contributed by atoms with van der Waals surface area (Å²) in [7, 11) is 0. The highest BCUT2D eigenvalue weighted by Gasteiger charge is 2.45. The van der Waals surface area contributed by atoms with Crippen LogP contribution in [0.1, 0.15) is 29.6 Å². The third-order valence-corrected chi connectivity index (χ3v) is 5.38. The minimum Gasteiger partial charge on any atom is -0.365 e. The van der Waals surface area contributed by atoms with Crippen molar-refractivity contribution in [1.82, 2.24) is 9.97 Å². The molecule has 1 aliphatic carbocycles. The number of benzene rings is 1. The number of fused-ring (bicyclic) bond motifs is 1. The van der Waals surface area contributed by atoms with Crippen molar-refractivity contribution in [3.63, 3.8) is 0 Å². The second-order valence-corrected chi connectivity index (χ2v) is 7.54. The maximum atomic E-state index is 14.6. The molecule has 1 aromatic carbocycles. The van der Waals surface area contributed by atoms with E-state index in [1.165, 1.54) is 0 Å². The molecule has 7 nitrogen and oxygen atoms in total. The van der Waals surface area contributed by atoms with Crippen LogP contribution in [0.2, 0.25) is 0 Å².